The molecular formula is C15H23NO3S. The summed E-state index contributed by atoms with van der Waals surface area (Å²) in [6, 6.07) is 1.90. The third kappa shape index (κ3) is 3.60. The average molecular weight is 297 g/mol. The number of methoxy groups -OCH3 is 1. The Morgan fingerprint density at radius 3 is 2.50 bits per heavy atom. The molecule has 0 aliphatic rings. The number of hydrogen-bond donors (Lipinski definition) is 1. The summed E-state index contributed by atoms with van der Waals surface area (Å²) in [6.07, 6.45) is 2.24. The second-order valence-electron chi connectivity index (χ2n) is 5.07. The van der Waals surface area contributed by atoms with Crippen molar-refractivity contribution in [3.63, 3.8) is 0 Å². The maximum Gasteiger partial charge on any atom is 0.331 e. The van der Waals surface area contributed by atoms with Crippen molar-refractivity contribution in [2.75, 3.05) is 7.11 Å². The van der Waals surface area contributed by atoms with E-state index in [1.807, 2.05) is 19.9 Å². The third-order valence-corrected chi connectivity index (χ3v) is 4.49. The van der Waals surface area contributed by atoms with Crippen molar-refractivity contribution >= 4 is 23.2 Å². The van der Waals surface area contributed by atoms with E-state index in [0.717, 1.165) is 17.7 Å². The number of aryl methyl sites for hydroxylation is 2. The highest BCUT2D eigenvalue weighted by Crippen LogP contribution is 2.23. The van der Waals surface area contributed by atoms with Gasteiger partial charge in [-0.25, -0.2) is 4.79 Å². The van der Waals surface area contributed by atoms with Gasteiger partial charge in [-0.2, -0.15) is 0 Å². The number of amides is 1. The SMILES string of the molecule is CCCC(C)(NC(=O)c1cc(CC)c(C)s1)C(=O)OC. The highest BCUT2D eigenvalue weighted by Gasteiger charge is 2.35. The summed E-state index contributed by atoms with van der Waals surface area (Å²) in [6.45, 7) is 7.75. The lowest BCUT2D eigenvalue weighted by atomic mass is 9.96. The first-order valence-electron chi connectivity index (χ1n) is 6.88. The molecule has 0 aliphatic heterocycles. The molecule has 1 atom stereocenters. The molecule has 0 radical (unpaired) electrons. The van der Waals surface area contributed by atoms with E-state index in [4.69, 9.17) is 4.74 Å². The predicted octanol–water partition coefficient (Wildman–Crippen LogP) is 3.08. The Morgan fingerprint density at radius 1 is 1.40 bits per heavy atom. The number of rotatable bonds is 6. The molecule has 0 aromatic carbocycles. The second-order valence-corrected chi connectivity index (χ2v) is 6.33. The molecule has 5 heteroatoms. The zero-order valence-corrected chi connectivity index (χ0v) is 13.6. The van der Waals surface area contributed by atoms with Crippen molar-refractivity contribution in [3.05, 3.63) is 21.4 Å². The van der Waals surface area contributed by atoms with Crippen molar-refractivity contribution in [1.29, 1.82) is 0 Å². The van der Waals surface area contributed by atoms with E-state index in [1.165, 1.54) is 24.0 Å². The number of thiophene rings is 1. The Labute approximate surface area is 124 Å². The van der Waals surface area contributed by atoms with Crippen LogP contribution in [-0.2, 0) is 16.0 Å². The van der Waals surface area contributed by atoms with Gasteiger partial charge >= 0.3 is 5.97 Å². The van der Waals surface area contributed by atoms with Gasteiger partial charge in [0.1, 0.15) is 5.54 Å². The number of carbonyl (C=O) groups excluding carboxylic acids is 2. The lowest BCUT2D eigenvalue weighted by molar-refractivity contribution is -0.147. The van der Waals surface area contributed by atoms with Crippen LogP contribution in [0.25, 0.3) is 0 Å². The zero-order chi connectivity index (χ0) is 15.3. The molecule has 20 heavy (non-hydrogen) atoms. The molecule has 1 N–H and O–H groups in total. The van der Waals surface area contributed by atoms with Crippen molar-refractivity contribution in [1.82, 2.24) is 5.32 Å². The molecule has 0 spiro atoms. The molecular weight excluding hydrogens is 274 g/mol. The van der Waals surface area contributed by atoms with E-state index in [0.29, 0.717) is 11.3 Å². The predicted molar refractivity (Wildman–Crippen MR) is 81.2 cm³/mol. The minimum Gasteiger partial charge on any atom is -0.467 e. The Balaban J connectivity index is 2.93. The van der Waals surface area contributed by atoms with E-state index >= 15 is 0 Å². The van der Waals surface area contributed by atoms with Crippen LogP contribution >= 0.6 is 11.3 Å². The van der Waals surface area contributed by atoms with Gasteiger partial charge in [0.25, 0.3) is 5.91 Å². The van der Waals surface area contributed by atoms with Crippen molar-refractivity contribution in [2.45, 2.75) is 52.5 Å². The van der Waals surface area contributed by atoms with Crippen LogP contribution in [-0.4, -0.2) is 24.5 Å². The Kier molecular flexibility index (Phi) is 5.74. The fourth-order valence-electron chi connectivity index (χ4n) is 2.24. The van der Waals surface area contributed by atoms with Gasteiger partial charge in [-0.05, 0) is 38.3 Å². The van der Waals surface area contributed by atoms with Gasteiger partial charge in [-0.1, -0.05) is 20.3 Å². The number of nitrogens with one attached hydrogen (secondary N) is 1. The highest BCUT2D eigenvalue weighted by atomic mass is 32.1. The molecule has 4 nitrogen and oxygen atoms in total. The topological polar surface area (TPSA) is 55.4 Å². The normalized spacial score (nSPS) is 13.7. The molecule has 1 aromatic rings. The summed E-state index contributed by atoms with van der Waals surface area (Å²) in [5.74, 6) is -0.615. The van der Waals surface area contributed by atoms with E-state index in [2.05, 4.69) is 12.2 Å². The minimum absolute atomic E-state index is 0.209. The molecule has 0 saturated carbocycles. The first-order chi connectivity index (χ1) is 9.37. The highest BCUT2D eigenvalue weighted by molar-refractivity contribution is 7.14. The smallest absolute Gasteiger partial charge is 0.331 e. The van der Waals surface area contributed by atoms with Crippen LogP contribution in [0.1, 0.15) is 53.7 Å². The van der Waals surface area contributed by atoms with Crippen LogP contribution < -0.4 is 5.32 Å². The summed E-state index contributed by atoms with van der Waals surface area (Å²) >= 11 is 1.46. The van der Waals surface area contributed by atoms with Gasteiger partial charge in [0.2, 0.25) is 0 Å². The zero-order valence-electron chi connectivity index (χ0n) is 12.8. The van der Waals surface area contributed by atoms with E-state index in [-0.39, 0.29) is 5.91 Å². The lowest BCUT2D eigenvalue weighted by Gasteiger charge is -2.27. The fraction of sp³-hybridized carbons (Fsp3) is 0.600. The maximum absolute atomic E-state index is 12.3. The monoisotopic (exact) mass is 297 g/mol. The molecule has 0 bridgehead atoms. The van der Waals surface area contributed by atoms with Gasteiger partial charge in [-0.3, -0.25) is 4.79 Å². The van der Waals surface area contributed by atoms with Crippen molar-refractivity contribution < 1.29 is 14.3 Å². The molecule has 1 heterocycles. The standard InChI is InChI=1S/C15H23NO3S/c1-6-8-15(4,14(18)19-5)16-13(17)12-9-11(7-2)10(3)20-12/h9H,6-8H2,1-5H3,(H,16,17). The maximum atomic E-state index is 12.3. The molecule has 1 unspecified atom stereocenters. The summed E-state index contributed by atoms with van der Waals surface area (Å²) in [5, 5.41) is 2.82. The van der Waals surface area contributed by atoms with Crippen LogP contribution in [0.4, 0.5) is 0 Å². The molecule has 1 amide bonds. The van der Waals surface area contributed by atoms with E-state index in [1.54, 1.807) is 6.92 Å². The van der Waals surface area contributed by atoms with Crippen molar-refractivity contribution in [2.24, 2.45) is 0 Å². The van der Waals surface area contributed by atoms with Gasteiger partial charge in [0, 0.05) is 4.88 Å². The lowest BCUT2D eigenvalue weighted by Crippen LogP contribution is -2.52. The fourth-order valence-corrected chi connectivity index (χ4v) is 3.24. The van der Waals surface area contributed by atoms with Crippen LogP contribution in [0, 0.1) is 6.92 Å². The van der Waals surface area contributed by atoms with Crippen LogP contribution in [0.15, 0.2) is 6.07 Å². The Hall–Kier alpha value is -1.36. The minimum atomic E-state index is -0.967. The summed E-state index contributed by atoms with van der Waals surface area (Å²) in [5.41, 5.74) is 0.209. The van der Waals surface area contributed by atoms with E-state index < -0.39 is 11.5 Å². The van der Waals surface area contributed by atoms with Crippen LogP contribution in [0.2, 0.25) is 0 Å². The Bertz CT molecular complexity index is 495. The molecule has 1 rings (SSSR count). The first kappa shape index (κ1) is 16.7. The Morgan fingerprint density at radius 2 is 2.05 bits per heavy atom. The van der Waals surface area contributed by atoms with Gasteiger partial charge in [0.05, 0.1) is 12.0 Å². The quantitative estimate of drug-likeness (QED) is 0.821. The third-order valence-electron chi connectivity index (χ3n) is 3.40. The summed E-state index contributed by atoms with van der Waals surface area (Å²) in [7, 11) is 1.34. The largest absolute Gasteiger partial charge is 0.467 e. The number of esters is 1. The molecule has 112 valence electrons. The average Bonchev–Trinajstić information content (AvgIpc) is 2.79. The second kappa shape index (κ2) is 6.88. The van der Waals surface area contributed by atoms with Crippen molar-refractivity contribution in [3.8, 4) is 0 Å². The molecule has 0 fully saturated rings. The van der Waals surface area contributed by atoms with E-state index in [9.17, 15) is 9.59 Å². The van der Waals surface area contributed by atoms with Crippen LogP contribution in [0.3, 0.4) is 0 Å². The molecule has 0 saturated heterocycles. The van der Waals surface area contributed by atoms with Gasteiger partial charge in [-0.15, -0.1) is 11.3 Å². The molecule has 1 aromatic heterocycles. The molecule has 0 aliphatic carbocycles. The van der Waals surface area contributed by atoms with Gasteiger partial charge in [0.15, 0.2) is 0 Å². The number of ether oxygens (including phenoxy) is 1. The first-order valence-corrected chi connectivity index (χ1v) is 7.69. The van der Waals surface area contributed by atoms with Crippen LogP contribution in [0.5, 0.6) is 0 Å². The number of hydrogen-bond acceptors (Lipinski definition) is 4. The summed E-state index contributed by atoms with van der Waals surface area (Å²) in [4.78, 5) is 26.0. The van der Waals surface area contributed by atoms with Gasteiger partial charge < -0.3 is 10.1 Å². The summed E-state index contributed by atoms with van der Waals surface area (Å²) < 4.78 is 4.80. The number of carbonyl (C=O) groups is 2.